The molecule has 1 aromatic heterocycles. The Balaban J connectivity index is 1.98. The van der Waals surface area contributed by atoms with Crippen molar-refractivity contribution in [2.24, 2.45) is 0 Å². The van der Waals surface area contributed by atoms with Crippen LogP contribution in [-0.2, 0) is 11.3 Å². The Hall–Kier alpha value is -2.58. The zero-order valence-corrected chi connectivity index (χ0v) is 14.2. The Bertz CT molecular complexity index is 729. The molecular formula is C18H18ClN3O2. The molecule has 24 heavy (non-hydrogen) atoms. The van der Waals surface area contributed by atoms with Gasteiger partial charge >= 0.3 is 0 Å². The maximum absolute atomic E-state index is 12.4. The standard InChI is InChI=1S/C18H18ClN3O2/c1-14-10-16(5-6-17(14)19)24-13-18(23)22(9-3-7-20)12-15-4-2-8-21-11-15/h2,4-6,8,10-11H,3,9,12-13H2,1H3. The summed E-state index contributed by atoms with van der Waals surface area (Å²) in [6, 6.07) is 11.0. The van der Waals surface area contributed by atoms with Crippen molar-refractivity contribution >= 4 is 17.5 Å². The first kappa shape index (κ1) is 17.8. The third-order valence-electron chi connectivity index (χ3n) is 3.43. The Morgan fingerprint density at radius 2 is 2.25 bits per heavy atom. The van der Waals surface area contributed by atoms with Crippen molar-refractivity contribution < 1.29 is 9.53 Å². The largest absolute Gasteiger partial charge is 0.484 e. The third-order valence-corrected chi connectivity index (χ3v) is 3.86. The van der Waals surface area contributed by atoms with Crippen LogP contribution in [0.15, 0.2) is 42.7 Å². The number of rotatable bonds is 7. The molecule has 0 aliphatic rings. The van der Waals surface area contributed by atoms with E-state index in [-0.39, 0.29) is 18.9 Å². The van der Waals surface area contributed by atoms with E-state index in [9.17, 15) is 4.79 Å². The number of benzene rings is 1. The summed E-state index contributed by atoms with van der Waals surface area (Å²) >= 11 is 5.97. The normalized spacial score (nSPS) is 10.0. The van der Waals surface area contributed by atoms with Gasteiger partial charge in [-0.05, 0) is 42.3 Å². The predicted octanol–water partition coefficient (Wildman–Crippen LogP) is 3.36. The second-order valence-electron chi connectivity index (χ2n) is 5.28. The average Bonchev–Trinajstić information content (AvgIpc) is 2.60. The van der Waals surface area contributed by atoms with Crippen LogP contribution in [0, 0.1) is 18.3 Å². The van der Waals surface area contributed by atoms with E-state index >= 15 is 0 Å². The van der Waals surface area contributed by atoms with Gasteiger partial charge in [0.15, 0.2) is 6.61 Å². The van der Waals surface area contributed by atoms with Gasteiger partial charge in [0, 0.05) is 30.5 Å². The van der Waals surface area contributed by atoms with Crippen molar-refractivity contribution in [3.63, 3.8) is 0 Å². The Morgan fingerprint density at radius 3 is 2.92 bits per heavy atom. The van der Waals surface area contributed by atoms with E-state index in [2.05, 4.69) is 11.1 Å². The lowest BCUT2D eigenvalue weighted by molar-refractivity contribution is -0.133. The molecule has 2 aromatic rings. The van der Waals surface area contributed by atoms with Gasteiger partial charge in [-0.25, -0.2) is 0 Å². The van der Waals surface area contributed by atoms with Crippen molar-refractivity contribution in [3.8, 4) is 11.8 Å². The van der Waals surface area contributed by atoms with Crippen LogP contribution in [0.25, 0.3) is 0 Å². The fraction of sp³-hybridized carbons (Fsp3) is 0.278. The molecule has 0 N–H and O–H groups in total. The molecule has 0 aliphatic heterocycles. The summed E-state index contributed by atoms with van der Waals surface area (Å²) in [5.41, 5.74) is 1.80. The van der Waals surface area contributed by atoms with Gasteiger partial charge < -0.3 is 9.64 Å². The smallest absolute Gasteiger partial charge is 0.260 e. The molecular weight excluding hydrogens is 326 g/mol. The zero-order chi connectivity index (χ0) is 17.4. The summed E-state index contributed by atoms with van der Waals surface area (Å²) in [4.78, 5) is 18.1. The maximum atomic E-state index is 12.4. The lowest BCUT2D eigenvalue weighted by Crippen LogP contribution is -2.35. The number of hydrogen-bond acceptors (Lipinski definition) is 4. The van der Waals surface area contributed by atoms with Gasteiger partial charge in [0.2, 0.25) is 0 Å². The summed E-state index contributed by atoms with van der Waals surface area (Å²) < 4.78 is 5.55. The quantitative estimate of drug-likeness (QED) is 0.773. The number of nitriles is 1. The van der Waals surface area contributed by atoms with E-state index in [1.807, 2.05) is 19.1 Å². The van der Waals surface area contributed by atoms with E-state index in [0.717, 1.165) is 11.1 Å². The van der Waals surface area contributed by atoms with Crippen molar-refractivity contribution in [2.45, 2.75) is 19.9 Å². The van der Waals surface area contributed by atoms with E-state index in [1.54, 1.807) is 35.5 Å². The Kier molecular flexibility index (Phi) is 6.59. The number of pyridine rings is 1. The summed E-state index contributed by atoms with van der Waals surface area (Å²) in [5.74, 6) is 0.411. The number of carbonyl (C=O) groups is 1. The molecule has 0 fully saturated rings. The molecule has 0 unspecified atom stereocenters. The van der Waals surface area contributed by atoms with Gasteiger partial charge in [0.05, 0.1) is 12.5 Å². The number of nitrogens with zero attached hydrogens (tertiary/aromatic N) is 3. The van der Waals surface area contributed by atoms with Crippen LogP contribution in [0.1, 0.15) is 17.5 Å². The first-order chi connectivity index (χ1) is 11.6. The summed E-state index contributed by atoms with van der Waals surface area (Å²) in [7, 11) is 0. The van der Waals surface area contributed by atoms with Crippen LogP contribution in [-0.4, -0.2) is 28.9 Å². The van der Waals surface area contributed by atoms with Crippen LogP contribution in [0.4, 0.5) is 0 Å². The number of aromatic nitrogens is 1. The van der Waals surface area contributed by atoms with Gasteiger partial charge in [-0.15, -0.1) is 0 Å². The van der Waals surface area contributed by atoms with E-state index in [1.165, 1.54) is 0 Å². The van der Waals surface area contributed by atoms with E-state index in [0.29, 0.717) is 23.9 Å². The zero-order valence-electron chi connectivity index (χ0n) is 13.4. The molecule has 0 bridgehead atoms. The lowest BCUT2D eigenvalue weighted by atomic mass is 10.2. The minimum absolute atomic E-state index is 0.0905. The molecule has 0 radical (unpaired) electrons. The van der Waals surface area contributed by atoms with E-state index in [4.69, 9.17) is 21.6 Å². The molecule has 2 rings (SSSR count). The number of aryl methyl sites for hydroxylation is 1. The minimum Gasteiger partial charge on any atom is -0.484 e. The van der Waals surface area contributed by atoms with Crippen molar-refractivity contribution in [1.82, 2.24) is 9.88 Å². The molecule has 124 valence electrons. The molecule has 0 saturated carbocycles. The highest BCUT2D eigenvalue weighted by Crippen LogP contribution is 2.21. The molecule has 5 nitrogen and oxygen atoms in total. The van der Waals surface area contributed by atoms with Gasteiger partial charge in [-0.2, -0.15) is 5.26 Å². The van der Waals surface area contributed by atoms with Crippen molar-refractivity contribution in [2.75, 3.05) is 13.2 Å². The topological polar surface area (TPSA) is 66.2 Å². The maximum Gasteiger partial charge on any atom is 0.260 e. The summed E-state index contributed by atoms with van der Waals surface area (Å²) in [6.45, 7) is 2.54. The third kappa shape index (κ3) is 5.25. The van der Waals surface area contributed by atoms with Crippen molar-refractivity contribution in [3.05, 3.63) is 58.9 Å². The SMILES string of the molecule is Cc1cc(OCC(=O)N(CCC#N)Cc2cccnc2)ccc1Cl. The Labute approximate surface area is 146 Å². The van der Waals surface area contributed by atoms with Crippen molar-refractivity contribution in [1.29, 1.82) is 5.26 Å². The minimum atomic E-state index is -0.179. The molecule has 0 atom stereocenters. The lowest BCUT2D eigenvalue weighted by Gasteiger charge is -2.21. The van der Waals surface area contributed by atoms with Crippen LogP contribution >= 0.6 is 11.6 Å². The van der Waals surface area contributed by atoms with Crippen LogP contribution in [0.5, 0.6) is 5.75 Å². The first-order valence-corrected chi connectivity index (χ1v) is 7.90. The molecule has 0 aliphatic carbocycles. The number of ether oxygens (including phenoxy) is 1. The van der Waals surface area contributed by atoms with Gasteiger partial charge in [0.25, 0.3) is 5.91 Å². The number of carbonyl (C=O) groups excluding carboxylic acids is 1. The van der Waals surface area contributed by atoms with Gasteiger partial charge in [-0.1, -0.05) is 17.7 Å². The number of amides is 1. The van der Waals surface area contributed by atoms with Crippen LogP contribution in [0.3, 0.4) is 0 Å². The second kappa shape index (κ2) is 8.90. The van der Waals surface area contributed by atoms with Gasteiger partial charge in [-0.3, -0.25) is 9.78 Å². The molecule has 1 heterocycles. The molecule has 0 saturated heterocycles. The fourth-order valence-electron chi connectivity index (χ4n) is 2.13. The highest BCUT2D eigenvalue weighted by molar-refractivity contribution is 6.31. The fourth-order valence-corrected chi connectivity index (χ4v) is 2.25. The second-order valence-corrected chi connectivity index (χ2v) is 5.69. The summed E-state index contributed by atoms with van der Waals surface area (Å²) in [5, 5.41) is 9.44. The van der Waals surface area contributed by atoms with Crippen LogP contribution in [0.2, 0.25) is 5.02 Å². The first-order valence-electron chi connectivity index (χ1n) is 7.52. The summed E-state index contributed by atoms with van der Waals surface area (Å²) in [6.07, 6.45) is 3.65. The van der Waals surface area contributed by atoms with E-state index < -0.39 is 0 Å². The Morgan fingerprint density at radius 1 is 1.42 bits per heavy atom. The monoisotopic (exact) mass is 343 g/mol. The highest BCUT2D eigenvalue weighted by atomic mass is 35.5. The molecule has 6 heteroatoms. The van der Waals surface area contributed by atoms with Crippen LogP contribution < -0.4 is 4.74 Å². The molecule has 1 aromatic carbocycles. The highest BCUT2D eigenvalue weighted by Gasteiger charge is 2.15. The molecule has 1 amide bonds. The molecule has 0 spiro atoms. The number of halogens is 1. The average molecular weight is 344 g/mol. The van der Waals surface area contributed by atoms with Gasteiger partial charge in [0.1, 0.15) is 5.75 Å². The predicted molar refractivity (Wildman–Crippen MR) is 91.6 cm³/mol. The number of hydrogen-bond donors (Lipinski definition) is 0.